The van der Waals surface area contributed by atoms with Gasteiger partial charge in [0.15, 0.2) is 0 Å². The summed E-state index contributed by atoms with van der Waals surface area (Å²) in [6.07, 6.45) is 4.32. The SMILES string of the molecule is C=CC(=O)NC(C)CC.CCC(C)N.CCC(C)NC(C)=O. The Morgan fingerprint density at radius 3 is 1.55 bits per heavy atom. The Kier molecular flexibility index (Phi) is 20.6. The zero-order chi connectivity index (χ0) is 18.1. The van der Waals surface area contributed by atoms with Crippen LogP contribution in [0.1, 0.15) is 67.7 Å². The van der Waals surface area contributed by atoms with Crippen LogP contribution >= 0.6 is 0 Å². The number of carbonyl (C=O) groups excluding carboxylic acids is 2. The van der Waals surface area contributed by atoms with Crippen molar-refractivity contribution in [3.63, 3.8) is 0 Å². The Morgan fingerprint density at radius 1 is 1.00 bits per heavy atom. The first-order valence-corrected chi connectivity index (χ1v) is 8.09. The molecule has 0 rings (SSSR count). The second-order valence-corrected chi connectivity index (χ2v) is 5.42. The summed E-state index contributed by atoms with van der Waals surface area (Å²) in [5, 5.41) is 5.48. The fraction of sp³-hybridized carbons (Fsp3) is 0.765. The van der Waals surface area contributed by atoms with Crippen LogP contribution in [0.5, 0.6) is 0 Å². The Bertz CT molecular complexity index is 292. The van der Waals surface area contributed by atoms with Gasteiger partial charge in [0.1, 0.15) is 0 Å². The van der Waals surface area contributed by atoms with E-state index in [-0.39, 0.29) is 17.9 Å². The van der Waals surface area contributed by atoms with Gasteiger partial charge >= 0.3 is 0 Å². The van der Waals surface area contributed by atoms with E-state index in [2.05, 4.69) is 24.1 Å². The van der Waals surface area contributed by atoms with Crippen molar-refractivity contribution in [2.75, 3.05) is 0 Å². The number of carbonyl (C=O) groups is 2. The smallest absolute Gasteiger partial charge is 0.243 e. The predicted octanol–water partition coefficient (Wildman–Crippen LogP) is 2.75. The normalized spacial score (nSPS) is 13.1. The van der Waals surface area contributed by atoms with Crippen LogP contribution < -0.4 is 16.4 Å². The molecule has 3 unspecified atom stereocenters. The summed E-state index contributed by atoms with van der Waals surface area (Å²) in [4.78, 5) is 20.9. The minimum atomic E-state index is -0.0932. The molecule has 0 saturated heterocycles. The third kappa shape index (κ3) is 27.1. The number of nitrogens with two attached hydrogens (primary N) is 1. The fourth-order valence-corrected chi connectivity index (χ4v) is 0.853. The molecule has 0 aromatic rings. The summed E-state index contributed by atoms with van der Waals surface area (Å²) in [5.41, 5.74) is 5.29. The quantitative estimate of drug-likeness (QED) is 0.659. The molecular weight excluding hydrogens is 278 g/mol. The van der Waals surface area contributed by atoms with Gasteiger partial charge in [0.25, 0.3) is 0 Å². The summed E-state index contributed by atoms with van der Waals surface area (Å²) >= 11 is 0. The lowest BCUT2D eigenvalue weighted by atomic mass is 10.2. The Hall–Kier alpha value is -1.36. The lowest BCUT2D eigenvalue weighted by Gasteiger charge is -2.07. The fourth-order valence-electron chi connectivity index (χ4n) is 0.853. The molecule has 0 spiro atoms. The molecule has 0 aliphatic carbocycles. The van der Waals surface area contributed by atoms with Crippen molar-refractivity contribution in [1.82, 2.24) is 10.6 Å². The van der Waals surface area contributed by atoms with Crippen LogP contribution in [0.3, 0.4) is 0 Å². The highest BCUT2D eigenvalue weighted by atomic mass is 16.2. The van der Waals surface area contributed by atoms with Gasteiger partial charge in [-0.2, -0.15) is 0 Å². The number of rotatable bonds is 6. The minimum absolute atomic E-state index is 0.0550. The number of hydrogen-bond donors (Lipinski definition) is 3. The first kappa shape index (κ1) is 25.6. The van der Waals surface area contributed by atoms with Crippen LogP contribution in [0.4, 0.5) is 0 Å². The average molecular weight is 316 g/mol. The van der Waals surface area contributed by atoms with E-state index >= 15 is 0 Å². The Morgan fingerprint density at radius 2 is 1.36 bits per heavy atom. The van der Waals surface area contributed by atoms with Gasteiger partial charge in [0, 0.05) is 25.0 Å². The molecule has 2 amide bonds. The summed E-state index contributed by atoms with van der Waals surface area (Å²) in [7, 11) is 0. The van der Waals surface area contributed by atoms with Crippen molar-refractivity contribution in [1.29, 1.82) is 0 Å². The van der Waals surface area contributed by atoms with E-state index in [0.29, 0.717) is 12.1 Å². The van der Waals surface area contributed by atoms with E-state index in [1.807, 2.05) is 34.6 Å². The Balaban J connectivity index is -0.000000257. The first-order chi connectivity index (χ1) is 10.1. The highest BCUT2D eigenvalue weighted by molar-refractivity contribution is 5.87. The zero-order valence-corrected chi connectivity index (χ0v) is 15.5. The largest absolute Gasteiger partial charge is 0.354 e. The molecule has 0 fully saturated rings. The molecular formula is C17H37N3O2. The molecule has 5 heteroatoms. The number of nitrogens with one attached hydrogen (secondary N) is 2. The van der Waals surface area contributed by atoms with Gasteiger partial charge in [-0.3, -0.25) is 9.59 Å². The molecule has 3 atom stereocenters. The maximum absolute atomic E-state index is 10.6. The molecule has 0 heterocycles. The minimum Gasteiger partial charge on any atom is -0.354 e. The second-order valence-electron chi connectivity index (χ2n) is 5.42. The van der Waals surface area contributed by atoms with E-state index in [0.717, 1.165) is 19.3 Å². The van der Waals surface area contributed by atoms with Crippen molar-refractivity contribution in [2.45, 2.75) is 85.9 Å². The monoisotopic (exact) mass is 315 g/mol. The van der Waals surface area contributed by atoms with Crippen LogP contribution in [0.25, 0.3) is 0 Å². The molecule has 0 aliphatic heterocycles. The van der Waals surface area contributed by atoms with Crippen molar-refractivity contribution in [3.05, 3.63) is 12.7 Å². The van der Waals surface area contributed by atoms with E-state index in [4.69, 9.17) is 5.73 Å². The molecule has 0 saturated carbocycles. The van der Waals surface area contributed by atoms with Crippen LogP contribution in [-0.4, -0.2) is 29.9 Å². The third-order valence-corrected chi connectivity index (χ3v) is 2.89. The highest BCUT2D eigenvalue weighted by Gasteiger charge is 1.98. The summed E-state index contributed by atoms with van der Waals surface area (Å²) < 4.78 is 0. The molecule has 0 radical (unpaired) electrons. The van der Waals surface area contributed by atoms with Crippen molar-refractivity contribution in [2.24, 2.45) is 5.73 Å². The molecule has 132 valence electrons. The first-order valence-electron chi connectivity index (χ1n) is 8.09. The van der Waals surface area contributed by atoms with Gasteiger partial charge in [-0.25, -0.2) is 0 Å². The third-order valence-electron chi connectivity index (χ3n) is 2.89. The summed E-state index contributed by atoms with van der Waals surface area (Å²) in [5.74, 6) is -0.0382. The molecule has 0 aromatic carbocycles. The van der Waals surface area contributed by atoms with Crippen molar-refractivity contribution < 1.29 is 9.59 Å². The number of amides is 2. The van der Waals surface area contributed by atoms with E-state index < -0.39 is 0 Å². The highest BCUT2D eigenvalue weighted by Crippen LogP contribution is 1.86. The van der Waals surface area contributed by atoms with Gasteiger partial charge in [-0.1, -0.05) is 27.4 Å². The predicted molar refractivity (Wildman–Crippen MR) is 95.6 cm³/mol. The second kappa shape index (κ2) is 17.7. The maximum atomic E-state index is 10.6. The Labute approximate surface area is 137 Å². The van der Waals surface area contributed by atoms with Gasteiger partial charge in [0.05, 0.1) is 0 Å². The van der Waals surface area contributed by atoms with Crippen molar-refractivity contribution in [3.8, 4) is 0 Å². The van der Waals surface area contributed by atoms with Gasteiger partial charge in [0.2, 0.25) is 11.8 Å². The summed E-state index contributed by atoms with van der Waals surface area (Å²) in [6, 6.07) is 0.970. The molecule has 0 aromatic heterocycles. The van der Waals surface area contributed by atoms with E-state index in [1.165, 1.54) is 13.0 Å². The van der Waals surface area contributed by atoms with Crippen LogP contribution in [0.15, 0.2) is 12.7 Å². The molecule has 22 heavy (non-hydrogen) atoms. The van der Waals surface area contributed by atoms with Gasteiger partial charge in [-0.05, 0) is 46.1 Å². The topological polar surface area (TPSA) is 84.2 Å². The molecule has 0 bridgehead atoms. The standard InChI is InChI=1S/C7H13NO.C6H13NO.C4H11N/c1-4-6(3)8-7(9)5-2;1-4-5(2)7-6(3)8;1-3-4(2)5/h5-6H,2,4H2,1,3H3,(H,8,9);5H,4H2,1-3H3,(H,7,8);4H,3,5H2,1-2H3. The van der Waals surface area contributed by atoms with Crippen LogP contribution in [0, 0.1) is 0 Å². The lowest BCUT2D eigenvalue weighted by Crippen LogP contribution is -2.30. The molecule has 0 aliphatic rings. The van der Waals surface area contributed by atoms with Crippen molar-refractivity contribution >= 4 is 11.8 Å². The number of hydrogen-bond acceptors (Lipinski definition) is 3. The van der Waals surface area contributed by atoms with E-state index in [1.54, 1.807) is 0 Å². The summed E-state index contributed by atoms with van der Waals surface area (Å²) in [6.45, 7) is 17.0. The van der Waals surface area contributed by atoms with E-state index in [9.17, 15) is 9.59 Å². The van der Waals surface area contributed by atoms with Crippen LogP contribution in [0.2, 0.25) is 0 Å². The van der Waals surface area contributed by atoms with Gasteiger partial charge < -0.3 is 16.4 Å². The molecule has 5 nitrogen and oxygen atoms in total. The zero-order valence-electron chi connectivity index (χ0n) is 15.5. The average Bonchev–Trinajstić information content (AvgIpc) is 2.47. The lowest BCUT2D eigenvalue weighted by molar-refractivity contribution is -0.119. The maximum Gasteiger partial charge on any atom is 0.243 e. The molecule has 4 N–H and O–H groups in total. The van der Waals surface area contributed by atoms with Gasteiger partial charge in [-0.15, -0.1) is 0 Å². The van der Waals surface area contributed by atoms with Crippen LogP contribution in [-0.2, 0) is 9.59 Å².